The van der Waals surface area contributed by atoms with E-state index < -0.39 is 165 Å². The molecule has 0 aliphatic carbocycles. The van der Waals surface area contributed by atoms with Crippen molar-refractivity contribution in [2.75, 3.05) is 65.8 Å². The molecule has 0 saturated carbocycles. The first-order chi connectivity index (χ1) is 43.1. The first-order valence-electron chi connectivity index (χ1n) is 31.7. The summed E-state index contributed by atoms with van der Waals surface area (Å²) < 4.78 is 34.1. The number of hydrogen-bond donors (Lipinski definition) is 18. The SMILES string of the molecule is CC(=O)N[C@H]1[C@H](OCCCCCCNC(=O)CCC(NC(=O)CCC(NC(=O)CCCCCN)C(=O)NCCCCCCO[C@@H]2O[C@H](CO)[C@H](O)[C@H](O)[C@H]2NC(C)=O)C(=O)NCCCCCCO[C@@H]2O[C@H](CO)[C@H](O)[C@H](O)[C@H]2NC(C)=O)O[C@H](CO)[C@H](O)[C@@H]1O. The summed E-state index contributed by atoms with van der Waals surface area (Å²) in [6.45, 7) is 3.61. The van der Waals surface area contributed by atoms with Crippen LogP contribution in [0.25, 0.3) is 0 Å². The molecule has 32 nitrogen and oxygen atoms in total. The highest BCUT2D eigenvalue weighted by molar-refractivity contribution is 5.90. The van der Waals surface area contributed by atoms with E-state index in [1.807, 2.05) is 0 Å². The fourth-order valence-electron chi connectivity index (χ4n) is 10.4. The van der Waals surface area contributed by atoms with Crippen molar-refractivity contribution < 1.29 is 113 Å². The number of amides is 8. The number of carbonyl (C=O) groups excluding carboxylic acids is 8. The molecule has 3 aliphatic heterocycles. The van der Waals surface area contributed by atoms with Crippen molar-refractivity contribution in [3.8, 4) is 0 Å². The van der Waals surface area contributed by atoms with E-state index in [0.717, 1.165) is 0 Å². The first kappa shape index (κ1) is 79.4. The van der Waals surface area contributed by atoms with Gasteiger partial charge < -0.3 is 123 Å². The molecule has 3 heterocycles. The fourth-order valence-corrected chi connectivity index (χ4v) is 10.4. The monoisotopic (exact) mass is 1300 g/mol. The lowest BCUT2D eigenvalue weighted by Gasteiger charge is -2.42. The third kappa shape index (κ3) is 29.4. The number of ether oxygens (including phenoxy) is 6. The lowest BCUT2D eigenvalue weighted by atomic mass is 9.97. The molecule has 3 rings (SSSR count). The molecule has 0 radical (unpaired) electrons. The number of hydrogen-bond acceptors (Lipinski definition) is 24. The Balaban J connectivity index is 1.55. The van der Waals surface area contributed by atoms with E-state index in [2.05, 4.69) is 42.5 Å². The summed E-state index contributed by atoms with van der Waals surface area (Å²) in [6, 6.07) is -5.51. The Hall–Kier alpha value is -4.88. The van der Waals surface area contributed by atoms with E-state index in [-0.39, 0.29) is 70.9 Å². The van der Waals surface area contributed by atoms with Crippen LogP contribution in [0.15, 0.2) is 0 Å². The molecular formula is C58H105N9O23. The van der Waals surface area contributed by atoms with Crippen LogP contribution in [-0.4, -0.2) is 263 Å². The molecule has 3 saturated heterocycles. The van der Waals surface area contributed by atoms with Crippen LogP contribution in [0.5, 0.6) is 0 Å². The van der Waals surface area contributed by atoms with E-state index in [1.54, 1.807) is 0 Å². The topological polar surface area (TPSA) is 496 Å². The van der Waals surface area contributed by atoms with Gasteiger partial charge >= 0.3 is 0 Å². The van der Waals surface area contributed by atoms with E-state index in [4.69, 9.17) is 34.2 Å². The van der Waals surface area contributed by atoms with E-state index >= 15 is 0 Å². The van der Waals surface area contributed by atoms with Crippen molar-refractivity contribution in [1.82, 2.24) is 42.5 Å². The lowest BCUT2D eigenvalue weighted by Crippen LogP contribution is -2.64. The molecule has 0 aromatic carbocycles. The van der Waals surface area contributed by atoms with Crippen molar-refractivity contribution in [2.45, 2.75) is 253 Å². The Labute approximate surface area is 525 Å². The van der Waals surface area contributed by atoms with Gasteiger partial charge in [0.05, 0.1) is 19.8 Å². The summed E-state index contributed by atoms with van der Waals surface area (Å²) in [5.41, 5.74) is 5.61. The van der Waals surface area contributed by atoms with Gasteiger partial charge in [-0.1, -0.05) is 44.9 Å². The Morgan fingerprint density at radius 1 is 0.400 bits per heavy atom. The Morgan fingerprint density at radius 2 is 0.711 bits per heavy atom. The Bertz CT molecular complexity index is 2130. The number of carbonyl (C=O) groups is 8. The molecule has 19 N–H and O–H groups in total. The predicted molar refractivity (Wildman–Crippen MR) is 318 cm³/mol. The summed E-state index contributed by atoms with van der Waals surface area (Å²) in [6.07, 6.45) is -6.98. The second kappa shape index (κ2) is 44.6. The van der Waals surface area contributed by atoms with Gasteiger partial charge in [-0.05, 0) is 70.8 Å². The molecule has 2 unspecified atom stereocenters. The molecule has 0 aromatic heterocycles. The zero-order valence-corrected chi connectivity index (χ0v) is 52.3. The molecular weight excluding hydrogens is 1190 g/mol. The van der Waals surface area contributed by atoms with Crippen molar-refractivity contribution in [1.29, 1.82) is 0 Å². The van der Waals surface area contributed by atoms with Crippen molar-refractivity contribution >= 4 is 47.3 Å². The molecule has 32 heteroatoms. The summed E-state index contributed by atoms with van der Waals surface area (Å²) in [5, 5.41) is 113. The fraction of sp³-hybridized carbons (Fsp3) is 0.862. The van der Waals surface area contributed by atoms with Gasteiger partial charge in [0.1, 0.15) is 85.1 Å². The smallest absolute Gasteiger partial charge is 0.242 e. The minimum Gasteiger partial charge on any atom is -0.394 e. The largest absolute Gasteiger partial charge is 0.394 e. The van der Waals surface area contributed by atoms with Crippen molar-refractivity contribution in [3.05, 3.63) is 0 Å². The molecule has 0 aromatic rings. The average Bonchev–Trinajstić information content (AvgIpc) is 1.31. The van der Waals surface area contributed by atoms with Gasteiger partial charge in [0.15, 0.2) is 18.9 Å². The summed E-state index contributed by atoms with van der Waals surface area (Å²) >= 11 is 0. The van der Waals surface area contributed by atoms with Gasteiger partial charge in [-0.15, -0.1) is 0 Å². The molecule has 8 amide bonds. The molecule has 520 valence electrons. The van der Waals surface area contributed by atoms with Crippen LogP contribution in [0.1, 0.15) is 149 Å². The van der Waals surface area contributed by atoms with Gasteiger partial charge in [-0.2, -0.15) is 0 Å². The molecule has 3 aliphatic rings. The van der Waals surface area contributed by atoms with E-state index in [0.29, 0.717) is 109 Å². The average molecular weight is 1300 g/mol. The van der Waals surface area contributed by atoms with Crippen LogP contribution in [0.2, 0.25) is 0 Å². The lowest BCUT2D eigenvalue weighted by molar-refractivity contribution is -0.270. The highest BCUT2D eigenvalue weighted by Gasteiger charge is 2.48. The summed E-state index contributed by atoms with van der Waals surface area (Å²) in [4.78, 5) is 102. The van der Waals surface area contributed by atoms with Crippen LogP contribution >= 0.6 is 0 Å². The second-order valence-corrected chi connectivity index (χ2v) is 23.0. The molecule has 17 atom stereocenters. The quantitative estimate of drug-likeness (QED) is 0.0254. The highest BCUT2D eigenvalue weighted by atomic mass is 16.7. The molecule has 0 bridgehead atoms. The van der Waals surface area contributed by atoms with Crippen LogP contribution in [0.3, 0.4) is 0 Å². The van der Waals surface area contributed by atoms with Crippen LogP contribution in [0, 0.1) is 0 Å². The standard InChI is InChI=1S/C58H105N9O23/c1-34(71)63-45-51(80)48(77)39(31-68)88-56(45)85-28-16-7-4-13-25-60-42(74)22-20-37(54(83)61-26-14-5-8-17-29-86-57-46(64-35(2)72)52(81)49(78)40(32-69)89-57)67-44(76)23-21-38(66-43(75)19-11-10-12-24-59)55(84)62-27-15-6-9-18-30-87-58-47(65-36(3)73)53(82)50(79)41(33-70)90-58/h37-41,45-53,56-58,68-70,77-82H,4-33,59H2,1-3H3,(H,60,74)(H,61,83)(H,62,84)(H,63,71)(H,64,72)(H,65,73)(H,66,75)(H,67,76)/t37?,38?,39-,40-,41-,45-,46-,47-,48+,49+,50+,51-,52-,53-,56-,57-,58-/m1/s1. The normalized spacial score (nSPS) is 27.3. The maximum atomic E-state index is 13.7. The van der Waals surface area contributed by atoms with Gasteiger partial charge in [-0.3, -0.25) is 38.4 Å². The third-order valence-electron chi connectivity index (χ3n) is 15.5. The van der Waals surface area contributed by atoms with E-state index in [1.165, 1.54) is 20.8 Å². The van der Waals surface area contributed by atoms with Crippen LogP contribution in [0.4, 0.5) is 0 Å². The van der Waals surface area contributed by atoms with Crippen LogP contribution in [-0.2, 0) is 66.8 Å². The zero-order valence-electron chi connectivity index (χ0n) is 52.3. The Kier molecular flexibility index (Phi) is 39.3. The second-order valence-electron chi connectivity index (χ2n) is 23.0. The minimum absolute atomic E-state index is 0.0891. The van der Waals surface area contributed by atoms with Gasteiger partial charge in [0.25, 0.3) is 0 Å². The van der Waals surface area contributed by atoms with E-state index in [9.17, 15) is 84.3 Å². The summed E-state index contributed by atoms with van der Waals surface area (Å²) in [5.74, 6) is -3.92. The molecule has 3 fully saturated rings. The van der Waals surface area contributed by atoms with Gasteiger partial charge in [0, 0.05) is 79.5 Å². The van der Waals surface area contributed by atoms with Crippen molar-refractivity contribution in [2.24, 2.45) is 5.73 Å². The third-order valence-corrected chi connectivity index (χ3v) is 15.5. The van der Waals surface area contributed by atoms with Crippen LogP contribution < -0.4 is 48.3 Å². The number of nitrogens with two attached hydrogens (primary N) is 1. The maximum absolute atomic E-state index is 13.7. The number of rotatable bonds is 45. The maximum Gasteiger partial charge on any atom is 0.242 e. The number of unbranched alkanes of at least 4 members (excludes halogenated alkanes) is 11. The zero-order chi connectivity index (χ0) is 66.5. The summed E-state index contributed by atoms with van der Waals surface area (Å²) in [7, 11) is 0. The number of aliphatic hydroxyl groups excluding tert-OH is 9. The van der Waals surface area contributed by atoms with Crippen molar-refractivity contribution in [3.63, 3.8) is 0 Å². The first-order valence-corrected chi connectivity index (χ1v) is 31.7. The molecule has 90 heavy (non-hydrogen) atoms. The highest BCUT2D eigenvalue weighted by Crippen LogP contribution is 2.26. The number of aliphatic hydroxyl groups is 9. The Morgan fingerprint density at radius 3 is 1.04 bits per heavy atom. The minimum atomic E-state index is -1.46. The van der Waals surface area contributed by atoms with Gasteiger partial charge in [-0.25, -0.2) is 0 Å². The molecule has 0 spiro atoms. The predicted octanol–water partition coefficient (Wildman–Crippen LogP) is -5.05. The van der Waals surface area contributed by atoms with Gasteiger partial charge in [0.2, 0.25) is 47.3 Å². The number of nitrogens with one attached hydrogen (secondary N) is 8.